The quantitative estimate of drug-likeness (QED) is 0.577. The SMILES string of the molecule is C=C1C(=O)O[C@@H]2C[C@@H](C)C3=CC(=O)[C@@](C)(O3)[C@@H](O)[C@@H](OC(=O)/C(C)=C/C)[C@@H]12. The van der Waals surface area contributed by atoms with Gasteiger partial charge in [-0.1, -0.05) is 19.6 Å². The molecule has 0 aromatic rings. The molecule has 0 aromatic carbocycles. The Kier molecular flexibility index (Phi) is 4.76. The van der Waals surface area contributed by atoms with Crippen LogP contribution in [0.1, 0.15) is 34.1 Å². The highest BCUT2D eigenvalue weighted by atomic mass is 16.6. The number of esters is 2. The number of aliphatic hydroxyl groups excluding tert-OH is 1. The smallest absolute Gasteiger partial charge is 0.334 e. The average molecular weight is 376 g/mol. The third-order valence-electron chi connectivity index (χ3n) is 5.72. The van der Waals surface area contributed by atoms with E-state index in [1.54, 1.807) is 19.9 Å². The molecule has 3 aliphatic rings. The Morgan fingerprint density at radius 3 is 2.74 bits per heavy atom. The van der Waals surface area contributed by atoms with Crippen LogP contribution in [-0.2, 0) is 28.6 Å². The van der Waals surface area contributed by atoms with Gasteiger partial charge in [0.25, 0.3) is 0 Å². The summed E-state index contributed by atoms with van der Waals surface area (Å²) in [5, 5.41) is 11.1. The third kappa shape index (κ3) is 3.00. The number of fused-ring (bicyclic) bond motifs is 3. The van der Waals surface area contributed by atoms with E-state index >= 15 is 0 Å². The molecule has 0 saturated carbocycles. The molecule has 3 heterocycles. The van der Waals surface area contributed by atoms with E-state index in [1.165, 1.54) is 13.0 Å². The van der Waals surface area contributed by atoms with Crippen molar-refractivity contribution in [1.29, 1.82) is 0 Å². The molecule has 6 atom stereocenters. The standard InChI is InChI=1S/C20H24O7/c1-6-9(2)18(23)26-16-15-11(4)19(24)25-13(15)7-10(3)12-8-14(21)20(5,27-12)17(16)22/h6,8,10,13,15-17,22H,4,7H2,1-3,5H3/b9-6+/t10-,13-,15+,16+,17+,20-/m1/s1. The highest BCUT2D eigenvalue weighted by Crippen LogP contribution is 2.44. The lowest BCUT2D eigenvalue weighted by Gasteiger charge is -2.36. The molecule has 0 aliphatic carbocycles. The van der Waals surface area contributed by atoms with Crippen molar-refractivity contribution < 1.29 is 33.7 Å². The van der Waals surface area contributed by atoms with Gasteiger partial charge in [-0.15, -0.1) is 0 Å². The molecule has 3 rings (SSSR count). The molecule has 2 bridgehead atoms. The van der Waals surface area contributed by atoms with Gasteiger partial charge in [0.05, 0.1) is 5.92 Å². The number of hydrogen-bond acceptors (Lipinski definition) is 7. The van der Waals surface area contributed by atoms with Gasteiger partial charge in [0.2, 0.25) is 5.78 Å². The minimum absolute atomic E-state index is 0.116. The van der Waals surface area contributed by atoms with Crippen LogP contribution in [0.25, 0.3) is 0 Å². The van der Waals surface area contributed by atoms with Gasteiger partial charge < -0.3 is 19.3 Å². The van der Waals surface area contributed by atoms with Crippen LogP contribution in [0.5, 0.6) is 0 Å². The van der Waals surface area contributed by atoms with Gasteiger partial charge in [0.15, 0.2) is 5.60 Å². The second kappa shape index (κ2) is 6.64. The maximum atomic E-state index is 12.6. The molecular weight excluding hydrogens is 352 g/mol. The minimum atomic E-state index is -1.61. The highest BCUT2D eigenvalue weighted by Gasteiger charge is 2.58. The molecular formula is C20H24O7. The van der Waals surface area contributed by atoms with Crippen LogP contribution >= 0.6 is 0 Å². The number of rotatable bonds is 2. The maximum Gasteiger partial charge on any atom is 0.334 e. The molecule has 2 saturated heterocycles. The van der Waals surface area contributed by atoms with Crippen molar-refractivity contribution >= 4 is 17.7 Å². The van der Waals surface area contributed by atoms with E-state index in [2.05, 4.69) is 6.58 Å². The molecule has 0 spiro atoms. The summed E-state index contributed by atoms with van der Waals surface area (Å²) in [6, 6.07) is 0. The average Bonchev–Trinajstić information content (AvgIpc) is 3.08. The minimum Gasteiger partial charge on any atom is -0.480 e. The van der Waals surface area contributed by atoms with Crippen LogP contribution in [0.3, 0.4) is 0 Å². The molecule has 1 N–H and O–H groups in total. The summed E-state index contributed by atoms with van der Waals surface area (Å²) in [5.74, 6) is -2.22. The Labute approximate surface area is 157 Å². The molecule has 7 heteroatoms. The zero-order chi connectivity index (χ0) is 20.1. The van der Waals surface area contributed by atoms with E-state index in [0.717, 1.165) is 0 Å². The topological polar surface area (TPSA) is 99.1 Å². The Balaban J connectivity index is 2.08. The molecule has 3 aliphatic heterocycles. The molecule has 7 nitrogen and oxygen atoms in total. The largest absolute Gasteiger partial charge is 0.480 e. The maximum absolute atomic E-state index is 12.6. The molecule has 0 aromatic heterocycles. The predicted molar refractivity (Wildman–Crippen MR) is 94.2 cm³/mol. The van der Waals surface area contributed by atoms with Crippen LogP contribution in [0.15, 0.2) is 35.6 Å². The normalized spacial score (nSPS) is 38.9. The monoisotopic (exact) mass is 376 g/mol. The number of hydrogen-bond donors (Lipinski definition) is 1. The fraction of sp³-hybridized carbons (Fsp3) is 0.550. The van der Waals surface area contributed by atoms with Crippen molar-refractivity contribution in [2.24, 2.45) is 11.8 Å². The van der Waals surface area contributed by atoms with E-state index < -0.39 is 47.6 Å². The van der Waals surface area contributed by atoms with E-state index in [9.17, 15) is 19.5 Å². The van der Waals surface area contributed by atoms with E-state index in [1.807, 2.05) is 6.92 Å². The zero-order valence-corrected chi connectivity index (χ0v) is 15.9. The van der Waals surface area contributed by atoms with Gasteiger partial charge in [0.1, 0.15) is 24.1 Å². The number of allylic oxidation sites excluding steroid dienone is 2. The molecule has 146 valence electrons. The summed E-state index contributed by atoms with van der Waals surface area (Å²) in [4.78, 5) is 37.1. The molecule has 0 radical (unpaired) electrons. The second-order valence-corrected chi connectivity index (χ2v) is 7.54. The number of ether oxygens (including phenoxy) is 3. The van der Waals surface area contributed by atoms with Crippen molar-refractivity contribution in [3.63, 3.8) is 0 Å². The zero-order valence-electron chi connectivity index (χ0n) is 15.9. The third-order valence-corrected chi connectivity index (χ3v) is 5.72. The summed E-state index contributed by atoms with van der Waals surface area (Å²) < 4.78 is 16.8. The first-order valence-corrected chi connectivity index (χ1v) is 8.97. The summed E-state index contributed by atoms with van der Waals surface area (Å²) >= 11 is 0. The molecule has 0 amide bonds. The van der Waals surface area contributed by atoms with Gasteiger partial charge in [0, 0.05) is 23.1 Å². The van der Waals surface area contributed by atoms with Crippen LogP contribution < -0.4 is 0 Å². The Bertz CT molecular complexity index is 777. The van der Waals surface area contributed by atoms with Gasteiger partial charge in [-0.2, -0.15) is 0 Å². The summed E-state index contributed by atoms with van der Waals surface area (Å²) in [6.07, 6.45) is -0.0718. The van der Waals surface area contributed by atoms with Gasteiger partial charge in [-0.25, -0.2) is 9.59 Å². The highest BCUT2D eigenvalue weighted by molar-refractivity contribution is 6.00. The van der Waals surface area contributed by atoms with Crippen molar-refractivity contribution in [3.8, 4) is 0 Å². The van der Waals surface area contributed by atoms with Crippen LogP contribution in [0.4, 0.5) is 0 Å². The summed E-state index contributed by atoms with van der Waals surface area (Å²) in [7, 11) is 0. The van der Waals surface area contributed by atoms with E-state index in [0.29, 0.717) is 17.8 Å². The number of ketones is 1. The van der Waals surface area contributed by atoms with Crippen LogP contribution in [0.2, 0.25) is 0 Å². The van der Waals surface area contributed by atoms with Crippen LogP contribution in [0, 0.1) is 11.8 Å². The van der Waals surface area contributed by atoms with Gasteiger partial charge in [-0.05, 0) is 27.2 Å². The molecule has 27 heavy (non-hydrogen) atoms. The Morgan fingerprint density at radius 2 is 2.11 bits per heavy atom. The Morgan fingerprint density at radius 1 is 1.44 bits per heavy atom. The summed E-state index contributed by atoms with van der Waals surface area (Å²) in [6.45, 7) is 10.3. The first-order chi connectivity index (χ1) is 12.6. The van der Waals surface area contributed by atoms with E-state index in [4.69, 9.17) is 14.2 Å². The van der Waals surface area contributed by atoms with Gasteiger partial charge >= 0.3 is 11.9 Å². The number of carbonyl (C=O) groups excluding carboxylic acids is 3. The van der Waals surface area contributed by atoms with Crippen molar-refractivity contribution in [2.75, 3.05) is 0 Å². The van der Waals surface area contributed by atoms with Crippen molar-refractivity contribution in [2.45, 2.75) is 58.0 Å². The van der Waals surface area contributed by atoms with Crippen LogP contribution in [-0.4, -0.2) is 46.7 Å². The Hall–Kier alpha value is -2.41. The lowest BCUT2D eigenvalue weighted by Crippen LogP contribution is -2.55. The predicted octanol–water partition coefficient (Wildman–Crippen LogP) is 1.60. The number of aliphatic hydroxyl groups is 1. The molecule has 2 fully saturated rings. The fourth-order valence-electron chi connectivity index (χ4n) is 3.74. The van der Waals surface area contributed by atoms with Crippen molar-refractivity contribution in [1.82, 2.24) is 0 Å². The van der Waals surface area contributed by atoms with Gasteiger partial charge in [-0.3, -0.25) is 4.79 Å². The van der Waals surface area contributed by atoms with E-state index in [-0.39, 0.29) is 11.5 Å². The fourth-order valence-corrected chi connectivity index (χ4v) is 3.74. The lowest BCUT2D eigenvalue weighted by molar-refractivity contribution is -0.176. The molecule has 0 unspecified atom stereocenters. The lowest BCUT2D eigenvalue weighted by atomic mass is 9.78. The number of carbonyl (C=O) groups is 3. The summed E-state index contributed by atoms with van der Waals surface area (Å²) in [5.41, 5.74) is -1.16. The first-order valence-electron chi connectivity index (χ1n) is 8.97. The first kappa shape index (κ1) is 19.4. The van der Waals surface area contributed by atoms with Crippen molar-refractivity contribution in [3.05, 3.63) is 35.6 Å². The second-order valence-electron chi connectivity index (χ2n) is 7.54.